The van der Waals surface area contributed by atoms with Gasteiger partial charge in [-0.3, -0.25) is 0 Å². The van der Waals surface area contributed by atoms with Crippen LogP contribution in [0.4, 0.5) is 0 Å². The summed E-state index contributed by atoms with van der Waals surface area (Å²) in [6.07, 6.45) is 4.14. The zero-order valence-electron chi connectivity index (χ0n) is 12.2. The number of ether oxygens (including phenoxy) is 3. The highest BCUT2D eigenvalue weighted by atomic mass is 79.9. The molecule has 0 heterocycles. The molecule has 0 aliphatic heterocycles. The van der Waals surface area contributed by atoms with E-state index in [2.05, 4.69) is 15.9 Å². The van der Waals surface area contributed by atoms with Gasteiger partial charge in [0.05, 0.1) is 31.7 Å². The average molecular weight is 341 g/mol. The highest BCUT2D eigenvalue weighted by Crippen LogP contribution is 2.66. The predicted molar refractivity (Wildman–Crippen MR) is 82.1 cm³/mol. The molecule has 3 atom stereocenters. The molecule has 0 radical (unpaired) electrons. The third kappa shape index (κ3) is 2.18. The average Bonchev–Trinajstić information content (AvgIpc) is 2.97. The van der Waals surface area contributed by atoms with Gasteiger partial charge in [-0.25, -0.2) is 0 Å². The molecule has 4 heteroatoms. The molecule has 2 aliphatic carbocycles. The molecular weight excluding hydrogens is 320 g/mol. The van der Waals surface area contributed by atoms with E-state index >= 15 is 0 Å². The van der Waals surface area contributed by atoms with Crippen molar-refractivity contribution in [2.75, 3.05) is 21.3 Å². The summed E-state index contributed by atoms with van der Waals surface area (Å²) in [6, 6.07) is 3.87. The third-order valence-electron chi connectivity index (χ3n) is 4.84. The molecule has 0 spiro atoms. The molecule has 3 nitrogen and oxygen atoms in total. The molecular formula is C16H21BrO3. The monoisotopic (exact) mass is 340 g/mol. The summed E-state index contributed by atoms with van der Waals surface area (Å²) >= 11 is 3.90. The van der Waals surface area contributed by atoms with Crippen molar-refractivity contribution in [1.82, 2.24) is 0 Å². The molecule has 3 rings (SSSR count). The van der Waals surface area contributed by atoms with Gasteiger partial charge in [-0.05, 0) is 30.6 Å². The van der Waals surface area contributed by atoms with Gasteiger partial charge in [0.1, 0.15) is 17.2 Å². The third-order valence-corrected chi connectivity index (χ3v) is 5.91. The van der Waals surface area contributed by atoms with Crippen LogP contribution in [0.25, 0.3) is 0 Å². The van der Waals surface area contributed by atoms with Crippen molar-refractivity contribution in [3.05, 3.63) is 17.7 Å². The van der Waals surface area contributed by atoms with Gasteiger partial charge in [-0.2, -0.15) is 0 Å². The Morgan fingerprint density at radius 3 is 2.00 bits per heavy atom. The van der Waals surface area contributed by atoms with Crippen LogP contribution in [0.15, 0.2) is 12.1 Å². The molecule has 1 aromatic rings. The minimum absolute atomic E-state index is 0.300. The number of rotatable bonds is 5. The first-order valence-corrected chi connectivity index (χ1v) is 8.06. The quantitative estimate of drug-likeness (QED) is 0.752. The van der Waals surface area contributed by atoms with Crippen LogP contribution in [-0.4, -0.2) is 21.3 Å². The van der Waals surface area contributed by atoms with Crippen LogP contribution in [0.1, 0.15) is 29.7 Å². The summed E-state index contributed by atoms with van der Waals surface area (Å²) in [5.74, 6) is 4.94. The molecule has 2 fully saturated rings. The number of hydrogen-bond donors (Lipinski definition) is 0. The molecule has 110 valence electrons. The van der Waals surface area contributed by atoms with E-state index in [9.17, 15) is 0 Å². The number of hydrogen-bond acceptors (Lipinski definition) is 3. The first-order valence-electron chi connectivity index (χ1n) is 7.15. The summed E-state index contributed by atoms with van der Waals surface area (Å²) < 4.78 is 16.4. The lowest BCUT2D eigenvalue weighted by atomic mass is 10.0. The maximum Gasteiger partial charge on any atom is 0.130 e. The van der Waals surface area contributed by atoms with Crippen LogP contribution in [0.3, 0.4) is 0 Å². The Labute approximate surface area is 128 Å². The van der Waals surface area contributed by atoms with Crippen molar-refractivity contribution in [3.63, 3.8) is 0 Å². The lowest BCUT2D eigenvalue weighted by molar-refractivity contribution is 0.365. The SMILES string of the molecule is COc1cc(OC)c(C(Br)C2C3CCCC32)c(OC)c1. The first-order chi connectivity index (χ1) is 9.71. The van der Waals surface area contributed by atoms with Gasteiger partial charge in [0, 0.05) is 12.1 Å². The molecule has 2 aliphatic rings. The van der Waals surface area contributed by atoms with Gasteiger partial charge >= 0.3 is 0 Å². The van der Waals surface area contributed by atoms with E-state index in [1.807, 2.05) is 12.1 Å². The standard InChI is InChI=1S/C16H21BrO3/c1-18-9-7-12(19-2)15(13(8-9)20-3)16(17)14-10-5-4-6-11(10)14/h7-8,10-11,14,16H,4-6H2,1-3H3. The van der Waals surface area contributed by atoms with Crippen LogP contribution in [0.2, 0.25) is 0 Å². The number of fused-ring (bicyclic) bond motifs is 1. The molecule has 0 bridgehead atoms. The minimum atomic E-state index is 0.300. The number of halogens is 1. The van der Waals surface area contributed by atoms with Crippen LogP contribution in [0, 0.1) is 17.8 Å². The van der Waals surface area contributed by atoms with E-state index in [0.29, 0.717) is 4.83 Å². The molecule has 0 aromatic heterocycles. The molecule has 3 unspecified atom stereocenters. The highest BCUT2D eigenvalue weighted by molar-refractivity contribution is 9.09. The van der Waals surface area contributed by atoms with Gasteiger partial charge in [-0.1, -0.05) is 22.4 Å². The maximum atomic E-state index is 5.56. The van der Waals surface area contributed by atoms with Crippen LogP contribution >= 0.6 is 15.9 Å². The molecule has 1 aromatic carbocycles. The van der Waals surface area contributed by atoms with Crippen molar-refractivity contribution in [2.45, 2.75) is 24.1 Å². The Kier molecular flexibility index (Phi) is 3.85. The Morgan fingerprint density at radius 1 is 1.00 bits per heavy atom. The van der Waals surface area contributed by atoms with Gasteiger partial charge in [0.15, 0.2) is 0 Å². The summed E-state index contributed by atoms with van der Waals surface area (Å²) in [5.41, 5.74) is 1.12. The predicted octanol–water partition coefficient (Wildman–Crippen LogP) is 4.19. The van der Waals surface area contributed by atoms with Crippen molar-refractivity contribution < 1.29 is 14.2 Å². The van der Waals surface area contributed by atoms with E-state index in [1.165, 1.54) is 19.3 Å². The molecule has 0 amide bonds. The Hall–Kier alpha value is -0.900. The van der Waals surface area contributed by atoms with Crippen LogP contribution in [0.5, 0.6) is 17.2 Å². The van der Waals surface area contributed by atoms with Gasteiger partial charge in [0.2, 0.25) is 0 Å². The second kappa shape index (κ2) is 5.47. The molecule has 20 heavy (non-hydrogen) atoms. The van der Waals surface area contributed by atoms with Crippen LogP contribution in [-0.2, 0) is 0 Å². The Bertz CT molecular complexity index is 467. The van der Waals surface area contributed by atoms with Gasteiger partial charge < -0.3 is 14.2 Å². The summed E-state index contributed by atoms with van der Waals surface area (Å²) in [7, 11) is 5.06. The first kappa shape index (κ1) is 14.1. The molecule has 0 saturated heterocycles. The van der Waals surface area contributed by atoms with Crippen molar-refractivity contribution in [3.8, 4) is 17.2 Å². The fourth-order valence-corrected chi connectivity index (χ4v) is 5.04. The van der Waals surface area contributed by atoms with Crippen LogP contribution < -0.4 is 14.2 Å². The number of benzene rings is 1. The summed E-state index contributed by atoms with van der Waals surface area (Å²) in [4.78, 5) is 0.300. The van der Waals surface area contributed by atoms with E-state index in [1.54, 1.807) is 21.3 Å². The zero-order valence-corrected chi connectivity index (χ0v) is 13.8. The second-order valence-corrected chi connectivity index (χ2v) is 6.67. The zero-order chi connectivity index (χ0) is 14.3. The normalized spacial score (nSPS) is 28.7. The van der Waals surface area contributed by atoms with Gasteiger partial charge in [0.25, 0.3) is 0 Å². The van der Waals surface area contributed by atoms with E-state index in [0.717, 1.165) is 40.6 Å². The summed E-state index contributed by atoms with van der Waals surface area (Å²) in [6.45, 7) is 0. The number of methoxy groups -OCH3 is 3. The summed E-state index contributed by atoms with van der Waals surface area (Å²) in [5, 5.41) is 0. The largest absolute Gasteiger partial charge is 0.496 e. The van der Waals surface area contributed by atoms with Crippen molar-refractivity contribution >= 4 is 15.9 Å². The fraction of sp³-hybridized carbons (Fsp3) is 0.625. The second-order valence-electron chi connectivity index (χ2n) is 5.68. The highest BCUT2D eigenvalue weighted by Gasteiger charge is 2.56. The van der Waals surface area contributed by atoms with Crippen molar-refractivity contribution in [1.29, 1.82) is 0 Å². The smallest absolute Gasteiger partial charge is 0.130 e. The van der Waals surface area contributed by atoms with E-state index < -0.39 is 0 Å². The Balaban J connectivity index is 1.94. The fourth-order valence-electron chi connectivity index (χ4n) is 3.81. The van der Waals surface area contributed by atoms with Gasteiger partial charge in [-0.15, -0.1) is 0 Å². The lowest BCUT2D eigenvalue weighted by Crippen LogP contribution is -2.04. The molecule has 0 N–H and O–H groups in total. The maximum absolute atomic E-state index is 5.56. The number of alkyl halides is 1. The lowest BCUT2D eigenvalue weighted by Gasteiger charge is -2.20. The minimum Gasteiger partial charge on any atom is -0.496 e. The molecule has 2 saturated carbocycles. The topological polar surface area (TPSA) is 27.7 Å². The van der Waals surface area contributed by atoms with E-state index in [-0.39, 0.29) is 0 Å². The Morgan fingerprint density at radius 2 is 1.55 bits per heavy atom. The van der Waals surface area contributed by atoms with E-state index in [4.69, 9.17) is 14.2 Å². The van der Waals surface area contributed by atoms with Crippen molar-refractivity contribution in [2.24, 2.45) is 17.8 Å².